The molecule has 1 aromatic carbocycles. The van der Waals surface area contributed by atoms with E-state index in [1.807, 2.05) is 0 Å². The third-order valence-corrected chi connectivity index (χ3v) is 6.74. The number of phenols is 1. The molecule has 0 spiro atoms. The number of sulfone groups is 1. The Morgan fingerprint density at radius 2 is 1.77 bits per heavy atom. The molecule has 26 heavy (non-hydrogen) atoms. The number of carbonyl (C=O) groups excluding carboxylic acids is 2. The lowest BCUT2D eigenvalue weighted by atomic mass is 10.0. The summed E-state index contributed by atoms with van der Waals surface area (Å²) in [5.74, 6) is -0.578. The average molecular weight is 380 g/mol. The van der Waals surface area contributed by atoms with E-state index in [0.717, 1.165) is 0 Å². The standard InChI is InChI=1S/C18H24N2O5S/c1-12(2)18(23)20-7-6-19(15-10-26(24,25)11-16(15)20)17(22)9-13-4-3-5-14(21)8-13/h3-5,8,12,15-16,21H,6-7,9-11H2,1-2H3/t15-,16+/m0/s1. The maximum absolute atomic E-state index is 12.8. The quantitative estimate of drug-likeness (QED) is 0.820. The summed E-state index contributed by atoms with van der Waals surface area (Å²) in [6.45, 7) is 4.26. The molecule has 2 atom stereocenters. The third-order valence-electron chi connectivity index (χ3n) is 5.04. The fourth-order valence-electron chi connectivity index (χ4n) is 3.81. The lowest BCUT2D eigenvalue weighted by molar-refractivity contribution is -0.147. The largest absolute Gasteiger partial charge is 0.508 e. The van der Waals surface area contributed by atoms with E-state index < -0.39 is 21.9 Å². The van der Waals surface area contributed by atoms with Crippen LogP contribution in [0.3, 0.4) is 0 Å². The zero-order valence-corrected chi connectivity index (χ0v) is 15.8. The number of fused-ring (bicyclic) bond motifs is 1. The first-order valence-electron chi connectivity index (χ1n) is 8.76. The molecule has 2 saturated heterocycles. The van der Waals surface area contributed by atoms with Crippen LogP contribution < -0.4 is 0 Å². The molecule has 1 aromatic rings. The molecule has 1 N–H and O–H groups in total. The van der Waals surface area contributed by atoms with Crippen LogP contribution in [0.5, 0.6) is 5.75 Å². The van der Waals surface area contributed by atoms with Gasteiger partial charge >= 0.3 is 0 Å². The second kappa shape index (κ2) is 6.90. The van der Waals surface area contributed by atoms with Gasteiger partial charge in [0, 0.05) is 19.0 Å². The van der Waals surface area contributed by atoms with Crippen LogP contribution in [0.2, 0.25) is 0 Å². The van der Waals surface area contributed by atoms with Gasteiger partial charge in [-0.1, -0.05) is 26.0 Å². The molecule has 2 aliphatic rings. The summed E-state index contributed by atoms with van der Waals surface area (Å²) in [5, 5.41) is 9.55. The Labute approximate surface area is 153 Å². The van der Waals surface area contributed by atoms with Gasteiger partial charge in [0.05, 0.1) is 30.0 Å². The van der Waals surface area contributed by atoms with Crippen LogP contribution in [0.1, 0.15) is 19.4 Å². The Morgan fingerprint density at radius 1 is 1.15 bits per heavy atom. The molecule has 3 rings (SSSR count). The number of amides is 2. The molecule has 0 saturated carbocycles. The van der Waals surface area contributed by atoms with Crippen LogP contribution >= 0.6 is 0 Å². The van der Waals surface area contributed by atoms with Gasteiger partial charge in [-0.25, -0.2) is 8.42 Å². The summed E-state index contributed by atoms with van der Waals surface area (Å²) in [5.41, 5.74) is 0.674. The second-order valence-corrected chi connectivity index (χ2v) is 9.49. The molecule has 0 bridgehead atoms. The van der Waals surface area contributed by atoms with Crippen molar-refractivity contribution in [3.63, 3.8) is 0 Å². The number of nitrogens with zero attached hydrogens (tertiary/aromatic N) is 2. The molecule has 0 aromatic heterocycles. The van der Waals surface area contributed by atoms with Crippen molar-refractivity contribution in [2.45, 2.75) is 32.4 Å². The second-order valence-electron chi connectivity index (χ2n) is 7.33. The minimum atomic E-state index is -3.29. The Kier molecular flexibility index (Phi) is 4.96. The summed E-state index contributed by atoms with van der Waals surface area (Å²) in [7, 11) is -3.29. The molecular weight excluding hydrogens is 356 g/mol. The number of aromatic hydroxyl groups is 1. The smallest absolute Gasteiger partial charge is 0.227 e. The van der Waals surface area contributed by atoms with E-state index in [1.54, 1.807) is 35.8 Å². The fraction of sp³-hybridized carbons (Fsp3) is 0.556. The number of piperazine rings is 1. The first kappa shape index (κ1) is 18.7. The van der Waals surface area contributed by atoms with E-state index in [4.69, 9.17) is 0 Å². The minimum absolute atomic E-state index is 0.0721. The molecule has 2 aliphatic heterocycles. The number of hydrogen-bond acceptors (Lipinski definition) is 5. The highest BCUT2D eigenvalue weighted by molar-refractivity contribution is 7.91. The van der Waals surface area contributed by atoms with Gasteiger partial charge in [0.1, 0.15) is 5.75 Å². The van der Waals surface area contributed by atoms with Crippen LogP contribution in [0, 0.1) is 5.92 Å². The molecule has 8 heteroatoms. The Balaban J connectivity index is 1.81. The SMILES string of the molecule is CC(C)C(=O)N1CCN(C(=O)Cc2cccc(O)c2)[C@H]2CS(=O)(=O)C[C@H]21. The Morgan fingerprint density at radius 3 is 2.38 bits per heavy atom. The van der Waals surface area contributed by atoms with Crippen LogP contribution in [-0.2, 0) is 25.8 Å². The van der Waals surface area contributed by atoms with Gasteiger partial charge in [-0.15, -0.1) is 0 Å². The van der Waals surface area contributed by atoms with E-state index in [-0.39, 0.29) is 41.4 Å². The molecule has 0 aliphatic carbocycles. The Bertz CT molecular complexity index is 821. The number of rotatable bonds is 3. The maximum Gasteiger partial charge on any atom is 0.227 e. The predicted molar refractivity (Wildman–Crippen MR) is 96.3 cm³/mol. The minimum Gasteiger partial charge on any atom is -0.508 e. The molecule has 0 unspecified atom stereocenters. The fourth-order valence-corrected chi connectivity index (χ4v) is 5.79. The summed E-state index contributed by atoms with van der Waals surface area (Å²) in [6, 6.07) is 5.50. The van der Waals surface area contributed by atoms with E-state index in [1.165, 1.54) is 12.1 Å². The van der Waals surface area contributed by atoms with E-state index >= 15 is 0 Å². The van der Waals surface area contributed by atoms with Crippen LogP contribution in [0.25, 0.3) is 0 Å². The topological polar surface area (TPSA) is 95.0 Å². The zero-order valence-electron chi connectivity index (χ0n) is 15.0. The number of phenolic OH excluding ortho intramolecular Hbond substituents is 1. The van der Waals surface area contributed by atoms with Crippen molar-refractivity contribution in [1.82, 2.24) is 9.80 Å². The van der Waals surface area contributed by atoms with Crippen molar-refractivity contribution in [1.29, 1.82) is 0 Å². The van der Waals surface area contributed by atoms with Gasteiger partial charge < -0.3 is 14.9 Å². The van der Waals surface area contributed by atoms with Crippen molar-refractivity contribution in [2.24, 2.45) is 5.92 Å². The first-order chi connectivity index (χ1) is 12.2. The van der Waals surface area contributed by atoms with Crippen molar-refractivity contribution in [3.8, 4) is 5.75 Å². The lowest BCUT2D eigenvalue weighted by Crippen LogP contribution is -2.62. The monoisotopic (exact) mass is 380 g/mol. The number of carbonyl (C=O) groups is 2. The van der Waals surface area contributed by atoms with Crippen LogP contribution in [0.4, 0.5) is 0 Å². The summed E-state index contributed by atoms with van der Waals surface area (Å²) in [4.78, 5) is 28.5. The molecule has 2 heterocycles. The molecule has 0 radical (unpaired) electrons. The van der Waals surface area contributed by atoms with Crippen molar-refractivity contribution in [3.05, 3.63) is 29.8 Å². The Hall–Kier alpha value is -2.09. The van der Waals surface area contributed by atoms with Crippen molar-refractivity contribution >= 4 is 21.7 Å². The third kappa shape index (κ3) is 3.70. The van der Waals surface area contributed by atoms with E-state index in [0.29, 0.717) is 18.7 Å². The van der Waals surface area contributed by atoms with Crippen molar-refractivity contribution in [2.75, 3.05) is 24.6 Å². The highest BCUT2D eigenvalue weighted by Gasteiger charge is 2.49. The van der Waals surface area contributed by atoms with Gasteiger partial charge in [-0.2, -0.15) is 0 Å². The van der Waals surface area contributed by atoms with Gasteiger partial charge in [0.2, 0.25) is 11.8 Å². The van der Waals surface area contributed by atoms with E-state index in [9.17, 15) is 23.1 Å². The zero-order chi connectivity index (χ0) is 19.1. The molecular formula is C18H24N2O5S. The summed E-state index contributed by atoms with van der Waals surface area (Å²) >= 11 is 0. The van der Waals surface area contributed by atoms with Gasteiger partial charge in [-0.3, -0.25) is 9.59 Å². The van der Waals surface area contributed by atoms with Gasteiger partial charge in [0.15, 0.2) is 9.84 Å². The van der Waals surface area contributed by atoms with Crippen LogP contribution in [-0.4, -0.2) is 71.8 Å². The summed E-state index contributed by atoms with van der Waals surface area (Å²) in [6.07, 6.45) is 0.0931. The van der Waals surface area contributed by atoms with E-state index in [2.05, 4.69) is 0 Å². The first-order valence-corrected chi connectivity index (χ1v) is 10.6. The number of hydrogen-bond donors (Lipinski definition) is 1. The van der Waals surface area contributed by atoms with Crippen molar-refractivity contribution < 1.29 is 23.1 Å². The molecule has 2 fully saturated rings. The number of benzene rings is 1. The maximum atomic E-state index is 12.8. The van der Waals surface area contributed by atoms with Gasteiger partial charge in [-0.05, 0) is 17.7 Å². The average Bonchev–Trinajstić information content (AvgIpc) is 2.87. The predicted octanol–water partition coefficient (Wildman–Crippen LogP) is 0.427. The molecule has 2 amide bonds. The summed E-state index contributed by atoms with van der Waals surface area (Å²) < 4.78 is 24.4. The molecule has 7 nitrogen and oxygen atoms in total. The van der Waals surface area contributed by atoms with Gasteiger partial charge in [0.25, 0.3) is 0 Å². The highest BCUT2D eigenvalue weighted by atomic mass is 32.2. The molecule has 142 valence electrons. The van der Waals surface area contributed by atoms with Crippen LogP contribution in [0.15, 0.2) is 24.3 Å². The lowest BCUT2D eigenvalue weighted by Gasteiger charge is -2.44. The highest BCUT2D eigenvalue weighted by Crippen LogP contribution is 2.28. The normalized spacial score (nSPS) is 24.6.